The molecule has 2 heterocycles. The van der Waals surface area contributed by atoms with Gasteiger partial charge in [0.2, 0.25) is 5.91 Å². The second-order valence-electron chi connectivity index (χ2n) is 5.96. The highest BCUT2D eigenvalue weighted by Crippen LogP contribution is 2.23. The second kappa shape index (κ2) is 5.79. The normalized spacial score (nSPS) is 14.0. The van der Waals surface area contributed by atoms with E-state index in [1.165, 1.54) is 4.57 Å². The molecule has 1 aromatic carbocycles. The molecule has 3 aromatic rings. The first kappa shape index (κ1) is 15.0. The zero-order valence-electron chi connectivity index (χ0n) is 12.8. The van der Waals surface area contributed by atoms with E-state index >= 15 is 0 Å². The highest BCUT2D eigenvalue weighted by Gasteiger charge is 2.24. The van der Waals surface area contributed by atoms with Crippen molar-refractivity contribution in [2.75, 3.05) is 0 Å². The summed E-state index contributed by atoms with van der Waals surface area (Å²) in [7, 11) is 0. The van der Waals surface area contributed by atoms with Crippen LogP contribution in [0, 0.1) is 0 Å². The van der Waals surface area contributed by atoms with E-state index in [1.807, 2.05) is 18.2 Å². The van der Waals surface area contributed by atoms with Crippen LogP contribution >= 0.6 is 11.6 Å². The Balaban J connectivity index is 1.71. The number of hydrogen-bond donors (Lipinski definition) is 2. The summed E-state index contributed by atoms with van der Waals surface area (Å²) in [5.74, 6) is -0.155. The van der Waals surface area contributed by atoms with Crippen molar-refractivity contribution in [3.8, 4) is 11.1 Å². The molecular formula is C17H15ClN4O2. The summed E-state index contributed by atoms with van der Waals surface area (Å²) in [5, 5.41) is 3.54. The fourth-order valence-corrected chi connectivity index (χ4v) is 2.76. The average Bonchev–Trinajstić information content (AvgIpc) is 3.32. The minimum absolute atomic E-state index is 0.0128. The zero-order chi connectivity index (χ0) is 16.7. The monoisotopic (exact) mass is 342 g/mol. The standard InChI is InChI=1S/C17H15ClN4O2/c18-12-3-1-10(2-4-12)11-7-14-16(19-8-11)21-17(24)22(14)9-15(23)20-13-5-6-13/h1-4,7-8,13H,5-6,9H2,(H,20,23)(H,19,21,24). The average molecular weight is 343 g/mol. The molecule has 122 valence electrons. The molecule has 0 aliphatic heterocycles. The Morgan fingerprint density at radius 2 is 2.04 bits per heavy atom. The lowest BCUT2D eigenvalue weighted by Crippen LogP contribution is -2.32. The van der Waals surface area contributed by atoms with E-state index in [0.717, 1.165) is 24.0 Å². The molecule has 0 bridgehead atoms. The molecule has 0 unspecified atom stereocenters. The molecular weight excluding hydrogens is 328 g/mol. The van der Waals surface area contributed by atoms with Crippen molar-refractivity contribution in [2.24, 2.45) is 0 Å². The Morgan fingerprint density at radius 1 is 1.29 bits per heavy atom. The van der Waals surface area contributed by atoms with Crippen molar-refractivity contribution in [1.29, 1.82) is 0 Å². The Kier molecular flexibility index (Phi) is 3.61. The summed E-state index contributed by atoms with van der Waals surface area (Å²) in [6.07, 6.45) is 3.71. The minimum atomic E-state index is -0.336. The number of nitrogens with one attached hydrogen (secondary N) is 2. The first-order valence-corrected chi connectivity index (χ1v) is 8.12. The van der Waals surface area contributed by atoms with Crippen molar-refractivity contribution >= 4 is 28.7 Å². The maximum absolute atomic E-state index is 12.1. The van der Waals surface area contributed by atoms with E-state index in [1.54, 1.807) is 18.3 Å². The van der Waals surface area contributed by atoms with Crippen LogP contribution < -0.4 is 11.0 Å². The molecule has 1 amide bonds. The number of imidazole rings is 1. The largest absolute Gasteiger partial charge is 0.352 e. The number of amides is 1. The van der Waals surface area contributed by atoms with Gasteiger partial charge in [0, 0.05) is 22.8 Å². The van der Waals surface area contributed by atoms with Gasteiger partial charge in [-0.05, 0) is 36.6 Å². The predicted octanol–water partition coefficient (Wildman–Crippen LogP) is 2.32. The van der Waals surface area contributed by atoms with Gasteiger partial charge < -0.3 is 5.32 Å². The molecule has 0 atom stereocenters. The number of rotatable bonds is 4. The summed E-state index contributed by atoms with van der Waals surface area (Å²) < 4.78 is 1.42. The summed E-state index contributed by atoms with van der Waals surface area (Å²) in [4.78, 5) is 31.2. The first-order valence-electron chi connectivity index (χ1n) is 7.74. The summed E-state index contributed by atoms with van der Waals surface area (Å²) in [6, 6.07) is 9.50. The van der Waals surface area contributed by atoms with Gasteiger partial charge in [0.1, 0.15) is 6.54 Å². The zero-order valence-corrected chi connectivity index (χ0v) is 13.5. The van der Waals surface area contributed by atoms with Crippen LogP contribution in [-0.2, 0) is 11.3 Å². The Labute approximate surface area is 142 Å². The fourth-order valence-electron chi connectivity index (χ4n) is 2.64. The lowest BCUT2D eigenvalue weighted by Gasteiger charge is -2.06. The van der Waals surface area contributed by atoms with Gasteiger partial charge in [-0.15, -0.1) is 0 Å². The molecule has 7 heteroatoms. The predicted molar refractivity (Wildman–Crippen MR) is 92.0 cm³/mol. The van der Waals surface area contributed by atoms with Gasteiger partial charge in [-0.25, -0.2) is 9.78 Å². The van der Waals surface area contributed by atoms with Crippen LogP contribution in [0.3, 0.4) is 0 Å². The molecule has 2 aromatic heterocycles. The number of hydrogen-bond acceptors (Lipinski definition) is 3. The highest BCUT2D eigenvalue weighted by molar-refractivity contribution is 6.30. The van der Waals surface area contributed by atoms with E-state index < -0.39 is 0 Å². The number of aromatic amines is 1. The van der Waals surface area contributed by atoms with Gasteiger partial charge in [0.05, 0.1) is 5.52 Å². The molecule has 0 radical (unpaired) electrons. The minimum Gasteiger partial charge on any atom is -0.352 e. The van der Waals surface area contributed by atoms with Crippen LogP contribution in [-0.4, -0.2) is 26.5 Å². The maximum Gasteiger partial charge on any atom is 0.328 e. The van der Waals surface area contributed by atoms with Gasteiger partial charge in [-0.1, -0.05) is 23.7 Å². The number of fused-ring (bicyclic) bond motifs is 1. The third kappa shape index (κ3) is 2.92. The molecule has 1 aliphatic rings. The molecule has 6 nitrogen and oxygen atoms in total. The van der Waals surface area contributed by atoms with Crippen LogP contribution in [0.25, 0.3) is 22.3 Å². The van der Waals surface area contributed by atoms with E-state index in [2.05, 4.69) is 15.3 Å². The van der Waals surface area contributed by atoms with Crippen LogP contribution in [0.15, 0.2) is 41.3 Å². The smallest absolute Gasteiger partial charge is 0.328 e. The van der Waals surface area contributed by atoms with Crippen molar-refractivity contribution < 1.29 is 4.79 Å². The number of H-pyrrole nitrogens is 1. The lowest BCUT2D eigenvalue weighted by molar-refractivity contribution is -0.121. The van der Waals surface area contributed by atoms with Crippen molar-refractivity contribution in [3.05, 3.63) is 52.0 Å². The Hall–Kier alpha value is -2.60. The summed E-state index contributed by atoms with van der Waals surface area (Å²) in [5.41, 5.74) is 2.54. The maximum atomic E-state index is 12.1. The van der Waals surface area contributed by atoms with E-state index in [-0.39, 0.29) is 24.2 Å². The molecule has 0 saturated heterocycles. The topological polar surface area (TPSA) is 79.8 Å². The van der Waals surface area contributed by atoms with Gasteiger partial charge in [-0.2, -0.15) is 0 Å². The van der Waals surface area contributed by atoms with Gasteiger partial charge >= 0.3 is 5.69 Å². The third-order valence-electron chi connectivity index (χ3n) is 4.05. The Morgan fingerprint density at radius 3 is 2.75 bits per heavy atom. The third-order valence-corrected chi connectivity index (χ3v) is 4.30. The molecule has 1 aliphatic carbocycles. The van der Waals surface area contributed by atoms with E-state index in [9.17, 15) is 9.59 Å². The fraction of sp³-hybridized carbons (Fsp3) is 0.235. The Bertz CT molecular complexity index is 970. The van der Waals surface area contributed by atoms with E-state index in [4.69, 9.17) is 11.6 Å². The van der Waals surface area contributed by atoms with Crippen LogP contribution in [0.5, 0.6) is 0 Å². The number of aromatic nitrogens is 3. The molecule has 1 saturated carbocycles. The molecule has 2 N–H and O–H groups in total. The number of halogens is 1. The van der Waals surface area contributed by atoms with Gasteiger partial charge in [0.25, 0.3) is 0 Å². The molecule has 24 heavy (non-hydrogen) atoms. The quantitative estimate of drug-likeness (QED) is 0.763. The van der Waals surface area contributed by atoms with Gasteiger partial charge in [-0.3, -0.25) is 14.3 Å². The first-order chi connectivity index (χ1) is 11.6. The molecule has 1 fully saturated rings. The van der Waals surface area contributed by atoms with Crippen LogP contribution in [0.4, 0.5) is 0 Å². The molecule has 0 spiro atoms. The second-order valence-corrected chi connectivity index (χ2v) is 6.39. The van der Waals surface area contributed by atoms with Crippen molar-refractivity contribution in [1.82, 2.24) is 19.9 Å². The number of nitrogens with zero attached hydrogens (tertiary/aromatic N) is 2. The number of pyridine rings is 1. The van der Waals surface area contributed by atoms with Crippen LogP contribution in [0.1, 0.15) is 12.8 Å². The van der Waals surface area contributed by atoms with Crippen molar-refractivity contribution in [2.45, 2.75) is 25.4 Å². The summed E-state index contributed by atoms with van der Waals surface area (Å²) >= 11 is 5.92. The number of carbonyl (C=O) groups excluding carboxylic acids is 1. The number of carbonyl (C=O) groups is 1. The lowest BCUT2D eigenvalue weighted by atomic mass is 10.1. The number of benzene rings is 1. The molecule has 4 rings (SSSR count). The highest BCUT2D eigenvalue weighted by atomic mass is 35.5. The van der Waals surface area contributed by atoms with Crippen molar-refractivity contribution in [3.63, 3.8) is 0 Å². The summed E-state index contributed by atoms with van der Waals surface area (Å²) in [6.45, 7) is -0.0128. The van der Waals surface area contributed by atoms with Gasteiger partial charge in [0.15, 0.2) is 5.65 Å². The van der Waals surface area contributed by atoms with Crippen LogP contribution in [0.2, 0.25) is 5.02 Å². The van der Waals surface area contributed by atoms with E-state index in [0.29, 0.717) is 16.2 Å². The SMILES string of the molecule is O=C(Cn1c(=O)[nH]c2ncc(-c3ccc(Cl)cc3)cc21)NC1CC1.